The van der Waals surface area contributed by atoms with Gasteiger partial charge < -0.3 is 10.1 Å². The molecule has 0 fully saturated rings. The molecule has 0 radical (unpaired) electrons. The van der Waals surface area contributed by atoms with Gasteiger partial charge in [0, 0.05) is 11.9 Å². The zero-order valence-electron chi connectivity index (χ0n) is 18.2. The van der Waals surface area contributed by atoms with E-state index < -0.39 is 27.6 Å². The van der Waals surface area contributed by atoms with Crippen LogP contribution in [0.15, 0.2) is 83.9 Å². The normalized spacial score (nSPS) is 11.3. The van der Waals surface area contributed by atoms with Crippen molar-refractivity contribution in [2.45, 2.75) is 18.0 Å². The number of hydrogen-bond acceptors (Lipinski definition) is 5. The Hall–Kier alpha value is -4.09. The second kappa shape index (κ2) is 10.0. The Kier molecular flexibility index (Phi) is 6.90. The summed E-state index contributed by atoms with van der Waals surface area (Å²) in [5.41, 5.74) is 1.55. The van der Waals surface area contributed by atoms with E-state index in [1.807, 2.05) is 0 Å². The number of nitrogens with two attached hydrogens (primary N) is 1. The van der Waals surface area contributed by atoms with E-state index in [1.165, 1.54) is 65.5 Å². The van der Waals surface area contributed by atoms with E-state index in [4.69, 9.17) is 9.88 Å². The fourth-order valence-corrected chi connectivity index (χ4v) is 3.79. The summed E-state index contributed by atoms with van der Waals surface area (Å²) in [5, 5.41) is 12.0. The van der Waals surface area contributed by atoms with Gasteiger partial charge in [0.1, 0.15) is 23.8 Å². The van der Waals surface area contributed by atoms with Gasteiger partial charge in [-0.3, -0.25) is 9.48 Å². The lowest BCUT2D eigenvalue weighted by Gasteiger charge is -2.08. The lowest BCUT2D eigenvalue weighted by atomic mass is 10.2. The van der Waals surface area contributed by atoms with Crippen molar-refractivity contribution < 1.29 is 26.7 Å². The Morgan fingerprint density at radius 3 is 2.23 bits per heavy atom. The summed E-state index contributed by atoms with van der Waals surface area (Å²) in [6, 6.07) is 17.1. The minimum Gasteiger partial charge on any atom is -0.471 e. The molecule has 4 rings (SSSR count). The predicted octanol–water partition coefficient (Wildman–Crippen LogP) is 3.69. The number of rotatable bonds is 8. The number of halogens is 2. The first-order chi connectivity index (χ1) is 16.7. The molecular formula is C24H20F2N4O4S. The number of carbonyl (C=O) groups excluding carboxylic acids is 1. The third kappa shape index (κ3) is 6.28. The molecule has 11 heteroatoms. The number of ether oxygens (including phenoxy) is 1. The van der Waals surface area contributed by atoms with Gasteiger partial charge in [-0.1, -0.05) is 24.3 Å². The van der Waals surface area contributed by atoms with Crippen LogP contribution < -0.4 is 15.2 Å². The molecule has 0 bridgehead atoms. The van der Waals surface area contributed by atoms with Crippen molar-refractivity contribution in [1.82, 2.24) is 9.78 Å². The molecule has 3 N–H and O–H groups in total. The number of nitrogens with zero attached hydrogens (tertiary/aromatic N) is 2. The quantitative estimate of drug-likeness (QED) is 0.384. The highest BCUT2D eigenvalue weighted by Gasteiger charge is 2.19. The number of sulfonamides is 1. The maximum absolute atomic E-state index is 13.6. The minimum atomic E-state index is -3.87. The van der Waals surface area contributed by atoms with E-state index in [0.29, 0.717) is 16.8 Å². The van der Waals surface area contributed by atoms with Gasteiger partial charge in [0.2, 0.25) is 15.9 Å². The van der Waals surface area contributed by atoms with Crippen LogP contribution in [0.5, 0.6) is 5.88 Å². The Bertz CT molecular complexity index is 1470. The average Bonchev–Trinajstić information content (AvgIpc) is 3.20. The molecule has 0 aliphatic carbocycles. The molecule has 180 valence electrons. The molecule has 0 atom stereocenters. The van der Waals surface area contributed by atoms with E-state index in [9.17, 15) is 22.0 Å². The van der Waals surface area contributed by atoms with E-state index in [2.05, 4.69) is 10.4 Å². The Morgan fingerprint density at radius 2 is 1.60 bits per heavy atom. The number of benzene rings is 3. The third-order valence-electron chi connectivity index (χ3n) is 4.91. The number of carbonyl (C=O) groups is 1. The molecule has 0 spiro atoms. The van der Waals surface area contributed by atoms with Crippen molar-refractivity contribution in [3.63, 3.8) is 0 Å². The Morgan fingerprint density at radius 1 is 0.971 bits per heavy atom. The van der Waals surface area contributed by atoms with Gasteiger partial charge in [-0.2, -0.15) is 0 Å². The van der Waals surface area contributed by atoms with E-state index in [-0.39, 0.29) is 29.5 Å². The minimum absolute atomic E-state index is 0.00989. The monoisotopic (exact) mass is 498 g/mol. The van der Waals surface area contributed by atoms with Crippen molar-refractivity contribution in [2.24, 2.45) is 5.14 Å². The van der Waals surface area contributed by atoms with Crippen LogP contribution in [0.4, 0.5) is 14.5 Å². The van der Waals surface area contributed by atoms with Gasteiger partial charge in [0.15, 0.2) is 0 Å². The molecular weight excluding hydrogens is 478 g/mol. The molecule has 0 unspecified atom stereocenters. The van der Waals surface area contributed by atoms with Crippen LogP contribution in [0.3, 0.4) is 0 Å². The number of primary sulfonamides is 1. The average molecular weight is 499 g/mol. The molecule has 35 heavy (non-hydrogen) atoms. The summed E-state index contributed by atoms with van der Waals surface area (Å²) in [6.07, 6.45) is 1.44. The maximum Gasteiger partial charge on any atom is 0.262 e. The highest BCUT2D eigenvalue weighted by molar-refractivity contribution is 7.89. The fraction of sp³-hybridized carbons (Fsp3) is 0.0833. The summed E-state index contributed by atoms with van der Waals surface area (Å²) >= 11 is 0. The van der Waals surface area contributed by atoms with E-state index in [0.717, 1.165) is 0 Å². The molecule has 4 aromatic rings. The zero-order chi connectivity index (χ0) is 25.0. The molecule has 0 aliphatic heterocycles. The first-order valence-electron chi connectivity index (χ1n) is 10.3. The molecule has 0 saturated heterocycles. The number of anilines is 1. The topological polar surface area (TPSA) is 116 Å². The maximum atomic E-state index is 13.6. The van der Waals surface area contributed by atoms with Crippen LogP contribution in [0.2, 0.25) is 0 Å². The van der Waals surface area contributed by atoms with Gasteiger partial charge in [0.25, 0.3) is 5.91 Å². The largest absolute Gasteiger partial charge is 0.471 e. The first-order valence-corrected chi connectivity index (χ1v) is 11.9. The van der Waals surface area contributed by atoms with Crippen LogP contribution in [0, 0.1) is 11.6 Å². The van der Waals surface area contributed by atoms with Crippen LogP contribution in [-0.2, 0) is 23.2 Å². The molecule has 1 aromatic heterocycles. The lowest BCUT2D eigenvalue weighted by molar-refractivity contribution is 0.102. The van der Waals surface area contributed by atoms with Gasteiger partial charge in [-0.25, -0.2) is 22.3 Å². The lowest BCUT2D eigenvalue weighted by Crippen LogP contribution is -2.14. The predicted molar refractivity (Wildman–Crippen MR) is 124 cm³/mol. The van der Waals surface area contributed by atoms with Gasteiger partial charge in [-0.05, 0) is 59.7 Å². The van der Waals surface area contributed by atoms with Gasteiger partial charge >= 0.3 is 0 Å². The van der Waals surface area contributed by atoms with Crippen LogP contribution >= 0.6 is 0 Å². The molecule has 8 nitrogen and oxygen atoms in total. The summed E-state index contributed by atoms with van der Waals surface area (Å²) in [5.74, 6) is -1.42. The van der Waals surface area contributed by atoms with Crippen molar-refractivity contribution in [3.8, 4) is 5.88 Å². The zero-order valence-corrected chi connectivity index (χ0v) is 19.0. The van der Waals surface area contributed by atoms with Gasteiger partial charge in [-0.15, -0.1) is 5.10 Å². The van der Waals surface area contributed by atoms with Gasteiger partial charge in [0.05, 0.1) is 11.4 Å². The number of amides is 1. The van der Waals surface area contributed by atoms with E-state index in [1.54, 1.807) is 18.2 Å². The smallest absolute Gasteiger partial charge is 0.262 e. The molecule has 0 saturated carbocycles. The first kappa shape index (κ1) is 24.0. The number of aromatic nitrogens is 2. The summed E-state index contributed by atoms with van der Waals surface area (Å²) in [7, 11) is -3.87. The Balaban J connectivity index is 1.58. The number of hydrogen-bond donors (Lipinski definition) is 2. The fourth-order valence-electron chi connectivity index (χ4n) is 3.27. The Labute approximate surface area is 200 Å². The van der Waals surface area contributed by atoms with Crippen LogP contribution in [0.25, 0.3) is 0 Å². The standard InChI is InChI=1S/C24H20F2N4O4S/c25-18-5-1-3-16(11-18)13-30-14-22(24(29-30)34-15-17-4-2-6-19(26)12-17)23(31)28-20-7-9-21(10-8-20)35(27,32)33/h1-12,14H,13,15H2,(H,28,31)(H2,27,32,33). The molecule has 0 aliphatic rings. The second-order valence-electron chi connectivity index (χ2n) is 7.62. The molecule has 1 amide bonds. The highest BCUT2D eigenvalue weighted by atomic mass is 32.2. The highest BCUT2D eigenvalue weighted by Crippen LogP contribution is 2.21. The van der Waals surface area contributed by atoms with E-state index >= 15 is 0 Å². The summed E-state index contributed by atoms with van der Waals surface area (Å²) in [4.78, 5) is 12.9. The third-order valence-corrected chi connectivity index (χ3v) is 5.84. The van der Waals surface area contributed by atoms with Crippen molar-refractivity contribution in [2.75, 3.05) is 5.32 Å². The molecule has 1 heterocycles. The second-order valence-corrected chi connectivity index (χ2v) is 9.18. The number of nitrogens with one attached hydrogen (secondary N) is 1. The van der Waals surface area contributed by atoms with Crippen LogP contribution in [0.1, 0.15) is 21.5 Å². The summed E-state index contributed by atoms with van der Waals surface area (Å²) < 4.78 is 57.1. The summed E-state index contributed by atoms with van der Waals surface area (Å²) in [6.45, 7) is 0.127. The SMILES string of the molecule is NS(=O)(=O)c1ccc(NC(=O)c2cn(Cc3cccc(F)c3)nc2OCc2cccc(F)c2)cc1. The molecule has 3 aromatic carbocycles. The van der Waals surface area contributed by atoms with Crippen molar-refractivity contribution in [3.05, 3.63) is 107 Å². The van der Waals surface area contributed by atoms with Crippen molar-refractivity contribution >= 4 is 21.6 Å². The van der Waals surface area contributed by atoms with Crippen LogP contribution in [-0.4, -0.2) is 24.1 Å². The van der Waals surface area contributed by atoms with Crippen molar-refractivity contribution in [1.29, 1.82) is 0 Å².